The highest BCUT2D eigenvalue weighted by molar-refractivity contribution is 5.83. The number of hydrogen-bond acceptors (Lipinski definition) is 4. The molecule has 4 nitrogen and oxygen atoms in total. The van der Waals surface area contributed by atoms with Gasteiger partial charge in [-0.25, -0.2) is 0 Å². The van der Waals surface area contributed by atoms with Gasteiger partial charge in [0.2, 0.25) is 0 Å². The first-order valence-electron chi connectivity index (χ1n) is 8.79. The van der Waals surface area contributed by atoms with Gasteiger partial charge in [-0.15, -0.1) is 0 Å². The SMILES string of the molecule is CCC[C@@](CO)(C(=O)O[C@H]1CN2CCC1CC2)c1ccccc1. The third-order valence-corrected chi connectivity index (χ3v) is 5.52. The molecule has 3 aliphatic heterocycles. The van der Waals surface area contributed by atoms with Crippen LogP contribution in [0.3, 0.4) is 0 Å². The fraction of sp³-hybridized carbons (Fsp3) is 0.632. The van der Waals surface area contributed by atoms with E-state index in [2.05, 4.69) is 4.90 Å². The van der Waals surface area contributed by atoms with Crippen molar-refractivity contribution in [1.29, 1.82) is 0 Å². The molecule has 0 aliphatic carbocycles. The normalized spacial score (nSPS) is 29.0. The van der Waals surface area contributed by atoms with Crippen molar-refractivity contribution in [3.8, 4) is 0 Å². The number of esters is 1. The topological polar surface area (TPSA) is 49.8 Å². The number of carbonyl (C=O) groups excluding carboxylic acids is 1. The minimum atomic E-state index is -0.929. The third-order valence-electron chi connectivity index (χ3n) is 5.52. The van der Waals surface area contributed by atoms with Gasteiger partial charge in [-0.2, -0.15) is 0 Å². The van der Waals surface area contributed by atoms with Crippen molar-refractivity contribution < 1.29 is 14.6 Å². The molecule has 2 bridgehead atoms. The van der Waals surface area contributed by atoms with Crippen LogP contribution in [-0.4, -0.2) is 48.3 Å². The van der Waals surface area contributed by atoms with Gasteiger partial charge in [0.25, 0.3) is 0 Å². The highest BCUT2D eigenvalue weighted by Crippen LogP contribution is 2.35. The Bertz CT molecular complexity index is 525. The lowest BCUT2D eigenvalue weighted by molar-refractivity contribution is -0.168. The molecule has 23 heavy (non-hydrogen) atoms. The van der Waals surface area contributed by atoms with E-state index >= 15 is 0 Å². The number of piperidine rings is 3. The number of benzene rings is 1. The van der Waals surface area contributed by atoms with Gasteiger partial charge in [0, 0.05) is 6.54 Å². The van der Waals surface area contributed by atoms with Gasteiger partial charge >= 0.3 is 5.97 Å². The molecule has 3 fully saturated rings. The molecule has 2 atom stereocenters. The summed E-state index contributed by atoms with van der Waals surface area (Å²) in [5, 5.41) is 10.1. The summed E-state index contributed by atoms with van der Waals surface area (Å²) >= 11 is 0. The molecule has 3 saturated heterocycles. The molecule has 0 amide bonds. The van der Waals surface area contributed by atoms with Crippen LogP contribution in [0.5, 0.6) is 0 Å². The average Bonchev–Trinajstić information content (AvgIpc) is 2.61. The van der Waals surface area contributed by atoms with E-state index in [0.717, 1.165) is 44.5 Å². The maximum absolute atomic E-state index is 13.0. The number of fused-ring (bicyclic) bond motifs is 3. The fourth-order valence-corrected chi connectivity index (χ4v) is 4.08. The van der Waals surface area contributed by atoms with Crippen molar-refractivity contribution in [2.45, 2.75) is 44.1 Å². The summed E-state index contributed by atoms with van der Waals surface area (Å²) in [6.07, 6.45) is 3.64. The Morgan fingerprint density at radius 1 is 1.30 bits per heavy atom. The van der Waals surface area contributed by atoms with Crippen LogP contribution in [0, 0.1) is 5.92 Å². The summed E-state index contributed by atoms with van der Waals surface area (Å²) in [6, 6.07) is 9.59. The van der Waals surface area contributed by atoms with Gasteiger partial charge < -0.3 is 9.84 Å². The van der Waals surface area contributed by atoms with E-state index in [0.29, 0.717) is 12.3 Å². The molecule has 0 unspecified atom stereocenters. The quantitative estimate of drug-likeness (QED) is 0.818. The zero-order valence-electron chi connectivity index (χ0n) is 13.9. The molecule has 3 heterocycles. The molecule has 0 saturated carbocycles. The first-order valence-corrected chi connectivity index (χ1v) is 8.79. The largest absolute Gasteiger partial charge is 0.460 e. The van der Waals surface area contributed by atoms with Crippen molar-refractivity contribution in [2.24, 2.45) is 5.92 Å². The number of aliphatic hydroxyl groups excluding tert-OH is 1. The predicted molar refractivity (Wildman–Crippen MR) is 89.2 cm³/mol. The van der Waals surface area contributed by atoms with Gasteiger partial charge in [0.15, 0.2) is 0 Å². The Morgan fingerprint density at radius 2 is 2.00 bits per heavy atom. The Labute approximate surface area is 138 Å². The first-order chi connectivity index (χ1) is 11.2. The highest BCUT2D eigenvalue weighted by atomic mass is 16.5. The predicted octanol–water partition coefficient (Wildman–Crippen LogP) is 2.35. The minimum absolute atomic E-state index is 0.0171. The Balaban J connectivity index is 1.80. The van der Waals surface area contributed by atoms with E-state index in [1.807, 2.05) is 37.3 Å². The summed E-state index contributed by atoms with van der Waals surface area (Å²) in [6.45, 7) is 4.92. The lowest BCUT2D eigenvalue weighted by atomic mass is 9.77. The van der Waals surface area contributed by atoms with Crippen molar-refractivity contribution in [1.82, 2.24) is 4.90 Å². The standard InChI is InChI=1S/C19H27NO3/c1-2-10-19(14-21,16-6-4-3-5-7-16)18(22)23-17-13-20-11-8-15(17)9-12-20/h3-7,15,17,21H,2,8-14H2,1H3/t17-,19-/m0/s1. The lowest BCUT2D eigenvalue weighted by Crippen LogP contribution is -2.54. The van der Waals surface area contributed by atoms with E-state index < -0.39 is 5.41 Å². The number of ether oxygens (including phenoxy) is 1. The molecule has 1 aromatic carbocycles. The van der Waals surface area contributed by atoms with Crippen LogP contribution in [0.25, 0.3) is 0 Å². The van der Waals surface area contributed by atoms with Crippen molar-refractivity contribution >= 4 is 5.97 Å². The second-order valence-electron chi connectivity index (χ2n) is 6.94. The van der Waals surface area contributed by atoms with Gasteiger partial charge in [0.05, 0.1) is 6.61 Å². The molecule has 126 valence electrons. The second-order valence-corrected chi connectivity index (χ2v) is 6.94. The van der Waals surface area contributed by atoms with E-state index in [1.54, 1.807) is 0 Å². The average molecular weight is 317 g/mol. The molecular weight excluding hydrogens is 290 g/mol. The highest BCUT2D eigenvalue weighted by Gasteiger charge is 2.44. The number of rotatable bonds is 6. The molecule has 1 aromatic rings. The number of hydrogen-bond donors (Lipinski definition) is 1. The molecular formula is C19H27NO3. The van der Waals surface area contributed by atoms with Crippen LogP contribution in [-0.2, 0) is 14.9 Å². The Hall–Kier alpha value is -1.39. The van der Waals surface area contributed by atoms with E-state index in [1.165, 1.54) is 0 Å². The van der Waals surface area contributed by atoms with E-state index in [-0.39, 0.29) is 18.7 Å². The van der Waals surface area contributed by atoms with Gasteiger partial charge in [0.1, 0.15) is 11.5 Å². The molecule has 1 N–H and O–H groups in total. The van der Waals surface area contributed by atoms with Crippen LogP contribution in [0.1, 0.15) is 38.2 Å². The van der Waals surface area contributed by atoms with Crippen molar-refractivity contribution in [2.75, 3.05) is 26.2 Å². The van der Waals surface area contributed by atoms with Crippen LogP contribution in [0.2, 0.25) is 0 Å². The van der Waals surface area contributed by atoms with Gasteiger partial charge in [-0.3, -0.25) is 9.69 Å². The first kappa shape index (κ1) is 16.5. The summed E-state index contributed by atoms with van der Waals surface area (Å²) in [5.41, 5.74) is -0.0715. The molecule has 3 aliphatic rings. The Morgan fingerprint density at radius 3 is 2.52 bits per heavy atom. The number of carbonyl (C=O) groups is 1. The molecule has 0 radical (unpaired) electrons. The summed E-state index contributed by atoms with van der Waals surface area (Å²) in [5.74, 6) is 0.226. The van der Waals surface area contributed by atoms with Crippen LogP contribution < -0.4 is 0 Å². The Kier molecular flexibility index (Phi) is 5.02. The lowest BCUT2D eigenvalue weighted by Gasteiger charge is -2.45. The van der Waals surface area contributed by atoms with Crippen molar-refractivity contribution in [3.05, 3.63) is 35.9 Å². The molecule has 4 heteroatoms. The third kappa shape index (κ3) is 3.15. The monoisotopic (exact) mass is 317 g/mol. The van der Waals surface area contributed by atoms with E-state index in [9.17, 15) is 9.90 Å². The van der Waals surface area contributed by atoms with E-state index in [4.69, 9.17) is 4.74 Å². The smallest absolute Gasteiger partial charge is 0.319 e. The zero-order valence-corrected chi connectivity index (χ0v) is 13.9. The van der Waals surface area contributed by atoms with Gasteiger partial charge in [-0.05, 0) is 43.8 Å². The maximum Gasteiger partial charge on any atom is 0.319 e. The second kappa shape index (κ2) is 7.02. The number of aliphatic hydroxyl groups is 1. The van der Waals surface area contributed by atoms with Crippen molar-refractivity contribution in [3.63, 3.8) is 0 Å². The van der Waals surface area contributed by atoms with Crippen LogP contribution in [0.15, 0.2) is 30.3 Å². The molecule has 0 aromatic heterocycles. The van der Waals surface area contributed by atoms with Gasteiger partial charge in [-0.1, -0.05) is 43.7 Å². The molecule has 0 spiro atoms. The number of nitrogens with zero attached hydrogens (tertiary/aromatic N) is 1. The zero-order chi connectivity index (χ0) is 16.3. The summed E-state index contributed by atoms with van der Waals surface area (Å²) in [7, 11) is 0. The van der Waals surface area contributed by atoms with Crippen LogP contribution >= 0.6 is 0 Å². The summed E-state index contributed by atoms with van der Waals surface area (Å²) < 4.78 is 5.95. The minimum Gasteiger partial charge on any atom is -0.460 e. The van der Waals surface area contributed by atoms with Crippen LogP contribution in [0.4, 0.5) is 0 Å². The summed E-state index contributed by atoms with van der Waals surface area (Å²) in [4.78, 5) is 15.4. The fourth-order valence-electron chi connectivity index (χ4n) is 4.08. The molecule has 4 rings (SSSR count). The maximum atomic E-state index is 13.0.